The Balaban J connectivity index is 1.28. The molecule has 246 valence electrons. The predicted molar refractivity (Wildman–Crippen MR) is 175 cm³/mol. The number of Topliss-reactive ketones (excluding diaryl/α,β-unsaturated/α-hetero) is 1. The molecule has 0 fully saturated rings. The van der Waals surface area contributed by atoms with Crippen molar-refractivity contribution in [3.63, 3.8) is 0 Å². The predicted octanol–water partition coefficient (Wildman–Crippen LogP) is 5.69. The highest BCUT2D eigenvalue weighted by atomic mass is 19.1. The molecular formula is C36H27F2N5O6. The van der Waals surface area contributed by atoms with Crippen LogP contribution >= 0.6 is 0 Å². The van der Waals surface area contributed by atoms with Crippen molar-refractivity contribution < 1.29 is 32.3 Å². The van der Waals surface area contributed by atoms with Crippen LogP contribution in [0.5, 0.6) is 0 Å². The Hall–Kier alpha value is -6.50. The van der Waals surface area contributed by atoms with Crippen LogP contribution in [0, 0.1) is 11.6 Å². The van der Waals surface area contributed by atoms with Crippen molar-refractivity contribution >= 4 is 34.6 Å². The maximum atomic E-state index is 13.8. The van der Waals surface area contributed by atoms with Crippen LogP contribution in [-0.4, -0.2) is 38.4 Å². The number of amides is 2. The van der Waals surface area contributed by atoms with Gasteiger partial charge in [-0.15, -0.1) is 0 Å². The van der Waals surface area contributed by atoms with E-state index >= 15 is 0 Å². The number of aromatic nitrogens is 3. The van der Waals surface area contributed by atoms with Crippen LogP contribution in [-0.2, 0) is 29.1 Å². The molecule has 0 radical (unpaired) electrons. The number of halogens is 2. The van der Waals surface area contributed by atoms with Gasteiger partial charge in [-0.25, -0.2) is 23.5 Å². The summed E-state index contributed by atoms with van der Waals surface area (Å²) in [5, 5.41) is 5.02. The second-order valence-corrected chi connectivity index (χ2v) is 10.9. The summed E-state index contributed by atoms with van der Waals surface area (Å²) in [4.78, 5) is 62.0. The lowest BCUT2D eigenvalue weighted by Gasteiger charge is -2.18. The fourth-order valence-electron chi connectivity index (χ4n) is 5.02. The minimum atomic E-state index is -1.21. The molecule has 13 heteroatoms. The van der Waals surface area contributed by atoms with E-state index in [0.717, 1.165) is 22.4 Å². The number of oxazole rings is 1. The lowest BCUT2D eigenvalue weighted by Crippen LogP contribution is -2.45. The van der Waals surface area contributed by atoms with E-state index in [1.807, 2.05) is 6.07 Å². The number of nitrogens with one attached hydrogen (secondary N) is 2. The molecule has 2 amide bonds. The average Bonchev–Trinajstić information content (AvgIpc) is 3.53. The van der Waals surface area contributed by atoms with Gasteiger partial charge < -0.3 is 14.5 Å². The summed E-state index contributed by atoms with van der Waals surface area (Å²) in [5.41, 5.74) is 0.944. The first-order chi connectivity index (χ1) is 23.7. The van der Waals surface area contributed by atoms with Crippen molar-refractivity contribution in [2.45, 2.75) is 25.6 Å². The van der Waals surface area contributed by atoms with Gasteiger partial charge in [0.25, 0.3) is 11.4 Å². The summed E-state index contributed by atoms with van der Waals surface area (Å²) in [5.74, 6) is -2.89. The smallest absolute Gasteiger partial charge is 0.412 e. The highest BCUT2D eigenvalue weighted by Crippen LogP contribution is 2.20. The Morgan fingerprint density at radius 2 is 1.53 bits per heavy atom. The number of anilines is 1. The molecule has 11 nitrogen and oxygen atoms in total. The van der Waals surface area contributed by atoms with Crippen molar-refractivity contribution in [1.29, 1.82) is 0 Å². The standard InChI is InChI=1S/C36H27F2N5O6/c37-25-13-11-24(12-14-25)33-39-19-29(42-36(47)48-21-23-9-5-2-6-10-23)35(46)43(33)20-31(44)40-28(17-22-7-3-1-4-8-22)32(45)34-41-27-18-26(38)15-16-30(27)49-34/h1-16,18-19,28H,17,20-21H2,(H,40,44)(H,42,47). The van der Waals surface area contributed by atoms with E-state index in [-0.39, 0.29) is 41.5 Å². The molecule has 1 unspecified atom stereocenters. The topological polar surface area (TPSA) is 145 Å². The van der Waals surface area contributed by atoms with Gasteiger partial charge in [-0.2, -0.15) is 0 Å². The molecular weight excluding hydrogens is 636 g/mol. The van der Waals surface area contributed by atoms with E-state index in [9.17, 15) is 28.0 Å². The molecule has 49 heavy (non-hydrogen) atoms. The minimum Gasteiger partial charge on any atom is -0.444 e. The Kier molecular flexibility index (Phi) is 9.60. The largest absolute Gasteiger partial charge is 0.444 e. The number of carbonyl (C=O) groups excluding carboxylic acids is 3. The van der Waals surface area contributed by atoms with Gasteiger partial charge in [-0.3, -0.25) is 24.3 Å². The summed E-state index contributed by atoms with van der Waals surface area (Å²) in [6.45, 7) is -0.708. The fourth-order valence-corrected chi connectivity index (χ4v) is 5.02. The molecule has 1 atom stereocenters. The molecule has 2 N–H and O–H groups in total. The normalized spacial score (nSPS) is 11.6. The third-order valence-electron chi connectivity index (χ3n) is 7.40. The zero-order chi connectivity index (χ0) is 34.3. The third kappa shape index (κ3) is 7.91. The van der Waals surface area contributed by atoms with Crippen molar-refractivity contribution in [3.05, 3.63) is 148 Å². The second kappa shape index (κ2) is 14.5. The molecule has 0 saturated carbocycles. The van der Waals surface area contributed by atoms with Crippen molar-refractivity contribution in [3.8, 4) is 11.4 Å². The number of hydrogen-bond acceptors (Lipinski definition) is 8. The van der Waals surface area contributed by atoms with Gasteiger partial charge in [-0.1, -0.05) is 60.7 Å². The van der Waals surface area contributed by atoms with Crippen LogP contribution in [0.1, 0.15) is 21.8 Å². The lowest BCUT2D eigenvalue weighted by atomic mass is 10.0. The first kappa shape index (κ1) is 32.4. The van der Waals surface area contributed by atoms with Crippen LogP contribution in [0.25, 0.3) is 22.5 Å². The number of hydrogen-bond donors (Lipinski definition) is 2. The summed E-state index contributed by atoms with van der Waals surface area (Å²) < 4.78 is 39.3. The summed E-state index contributed by atoms with van der Waals surface area (Å²) in [6, 6.07) is 25.3. The number of carbonyl (C=O) groups is 3. The Labute approximate surface area is 277 Å². The Morgan fingerprint density at radius 3 is 2.24 bits per heavy atom. The summed E-state index contributed by atoms with van der Waals surface area (Å²) in [6.07, 6.45) is 0.211. The molecule has 0 bridgehead atoms. The quantitative estimate of drug-likeness (QED) is 0.168. The van der Waals surface area contributed by atoms with E-state index in [1.54, 1.807) is 54.6 Å². The highest BCUT2D eigenvalue weighted by Gasteiger charge is 2.28. The maximum absolute atomic E-state index is 13.8. The van der Waals surface area contributed by atoms with E-state index < -0.39 is 47.6 Å². The van der Waals surface area contributed by atoms with Crippen LogP contribution in [0.3, 0.4) is 0 Å². The summed E-state index contributed by atoms with van der Waals surface area (Å²) in [7, 11) is 0. The Bertz CT molecular complexity index is 2190. The van der Waals surface area contributed by atoms with E-state index in [0.29, 0.717) is 11.1 Å². The molecule has 2 aromatic heterocycles. The monoisotopic (exact) mass is 663 g/mol. The highest BCUT2D eigenvalue weighted by molar-refractivity contribution is 6.00. The molecule has 0 spiro atoms. The molecule has 0 aliphatic rings. The number of fused-ring (bicyclic) bond motifs is 1. The van der Waals surface area contributed by atoms with E-state index in [1.165, 1.54) is 36.4 Å². The van der Waals surface area contributed by atoms with Crippen LogP contribution in [0.15, 0.2) is 119 Å². The molecule has 0 aliphatic carbocycles. The zero-order valence-corrected chi connectivity index (χ0v) is 25.6. The lowest BCUT2D eigenvalue weighted by molar-refractivity contribution is -0.122. The van der Waals surface area contributed by atoms with Gasteiger partial charge in [0.1, 0.15) is 47.9 Å². The van der Waals surface area contributed by atoms with Gasteiger partial charge >= 0.3 is 6.09 Å². The van der Waals surface area contributed by atoms with Crippen LogP contribution in [0.4, 0.5) is 19.3 Å². The van der Waals surface area contributed by atoms with Crippen LogP contribution in [0.2, 0.25) is 0 Å². The zero-order valence-electron chi connectivity index (χ0n) is 25.6. The van der Waals surface area contributed by atoms with E-state index in [2.05, 4.69) is 20.6 Å². The molecule has 4 aromatic carbocycles. The maximum Gasteiger partial charge on any atom is 0.412 e. The number of benzene rings is 4. The molecule has 0 saturated heterocycles. The molecule has 2 heterocycles. The number of ketones is 1. The summed E-state index contributed by atoms with van der Waals surface area (Å²) >= 11 is 0. The van der Waals surface area contributed by atoms with Gasteiger partial charge in [-0.05, 0) is 47.5 Å². The first-order valence-electron chi connectivity index (χ1n) is 15.0. The Morgan fingerprint density at radius 1 is 0.857 bits per heavy atom. The van der Waals surface area contributed by atoms with Gasteiger partial charge in [0.2, 0.25) is 11.7 Å². The van der Waals surface area contributed by atoms with Gasteiger partial charge in [0.15, 0.2) is 5.58 Å². The second-order valence-electron chi connectivity index (χ2n) is 10.9. The molecule has 0 aliphatic heterocycles. The van der Waals surface area contributed by atoms with Crippen molar-refractivity contribution in [2.24, 2.45) is 0 Å². The van der Waals surface area contributed by atoms with Crippen molar-refractivity contribution in [1.82, 2.24) is 19.9 Å². The SMILES string of the molecule is O=C(Cn1c(-c2ccc(F)cc2)ncc(NC(=O)OCc2ccccc2)c1=O)NC(Cc1ccccc1)C(=O)c1nc2cc(F)ccc2o1. The van der Waals surface area contributed by atoms with Gasteiger partial charge in [0.05, 0.1) is 6.20 Å². The minimum absolute atomic E-state index is 0.00438. The van der Waals surface area contributed by atoms with E-state index in [4.69, 9.17) is 9.15 Å². The number of ether oxygens (including phenoxy) is 1. The number of nitrogens with zero attached hydrogens (tertiary/aromatic N) is 3. The molecule has 6 rings (SSSR count). The van der Waals surface area contributed by atoms with Crippen LogP contribution < -0.4 is 16.2 Å². The van der Waals surface area contributed by atoms with Crippen molar-refractivity contribution in [2.75, 3.05) is 5.32 Å². The first-order valence-corrected chi connectivity index (χ1v) is 15.0. The number of rotatable bonds is 11. The fraction of sp³-hybridized carbons (Fsp3) is 0.111. The third-order valence-corrected chi connectivity index (χ3v) is 7.40. The average molecular weight is 664 g/mol. The van der Waals surface area contributed by atoms with Gasteiger partial charge in [0, 0.05) is 18.1 Å². The molecule has 6 aromatic rings.